The minimum Gasteiger partial charge on any atom is -0.151 e. The molecule has 0 N–H and O–H groups in total. The summed E-state index contributed by atoms with van der Waals surface area (Å²) in [7, 11) is 0. The summed E-state index contributed by atoms with van der Waals surface area (Å²) in [5.74, 6) is 0. The minimum atomic E-state index is 0.0940. The van der Waals surface area contributed by atoms with E-state index in [9.17, 15) is 4.91 Å². The fraction of sp³-hybridized carbons (Fsp3) is 1.00. The lowest BCUT2D eigenvalue weighted by Gasteiger charge is -2.06. The van der Waals surface area contributed by atoms with Gasteiger partial charge in [0.2, 0.25) is 0 Å². The molecule has 0 fully saturated rings. The van der Waals surface area contributed by atoms with Crippen LogP contribution in [0.15, 0.2) is 5.18 Å². The molecule has 0 rings (SSSR count). The molecular weight excluding hydrogens is 150 g/mol. The number of hydrogen-bond donors (Lipinski definition) is 0. The minimum absolute atomic E-state index is 0.0940. The van der Waals surface area contributed by atoms with E-state index >= 15 is 0 Å². The first-order chi connectivity index (χ1) is 5.85. The summed E-state index contributed by atoms with van der Waals surface area (Å²) in [6.45, 7) is 4.32. The molecule has 12 heavy (non-hydrogen) atoms. The third-order valence-electron chi connectivity index (χ3n) is 2.18. The van der Waals surface area contributed by atoms with Crippen molar-refractivity contribution in [2.45, 2.75) is 64.8 Å². The highest BCUT2D eigenvalue weighted by atomic mass is 16.3. The molecular formula is C10H21NO. The monoisotopic (exact) mass is 171 g/mol. The Balaban J connectivity index is 3.32. The molecule has 0 saturated carbocycles. The van der Waals surface area contributed by atoms with Crippen LogP contribution in [-0.4, -0.2) is 6.04 Å². The van der Waals surface area contributed by atoms with Gasteiger partial charge in [-0.25, -0.2) is 0 Å². The van der Waals surface area contributed by atoms with Crippen molar-refractivity contribution in [1.29, 1.82) is 0 Å². The molecule has 1 atom stereocenters. The van der Waals surface area contributed by atoms with Crippen LogP contribution in [0.2, 0.25) is 0 Å². The van der Waals surface area contributed by atoms with Gasteiger partial charge in [-0.15, -0.1) is 0 Å². The van der Waals surface area contributed by atoms with E-state index in [4.69, 9.17) is 0 Å². The molecule has 0 aliphatic heterocycles. The Labute approximate surface area is 75.7 Å². The Morgan fingerprint density at radius 2 is 1.58 bits per heavy atom. The fourth-order valence-corrected chi connectivity index (χ4v) is 1.32. The third kappa shape index (κ3) is 6.32. The molecule has 0 aromatic heterocycles. The lowest BCUT2D eigenvalue weighted by molar-refractivity contribution is 0.510. The van der Waals surface area contributed by atoms with E-state index < -0.39 is 0 Å². The highest BCUT2D eigenvalue weighted by Crippen LogP contribution is 2.12. The molecule has 0 aromatic rings. The number of rotatable bonds is 8. The third-order valence-corrected chi connectivity index (χ3v) is 2.18. The number of nitrogens with zero attached hydrogens (tertiary/aromatic N) is 1. The number of hydrogen-bond acceptors (Lipinski definition) is 2. The molecule has 0 aromatic carbocycles. The van der Waals surface area contributed by atoms with Crippen LogP contribution in [-0.2, 0) is 0 Å². The highest BCUT2D eigenvalue weighted by Gasteiger charge is 2.06. The van der Waals surface area contributed by atoms with E-state index in [1.807, 2.05) is 0 Å². The average Bonchev–Trinajstić information content (AvgIpc) is 2.11. The smallest absolute Gasteiger partial charge is 0.0919 e. The lowest BCUT2D eigenvalue weighted by atomic mass is 10.0. The Bertz CT molecular complexity index is 104. The Kier molecular flexibility index (Phi) is 8.40. The van der Waals surface area contributed by atoms with Crippen LogP contribution in [0.25, 0.3) is 0 Å². The standard InChI is InChI=1S/C10H21NO/c1-3-5-7-9-10(11-12)8-6-4-2/h10H,3-9H2,1-2H3/t10-/m0/s1. The maximum Gasteiger partial charge on any atom is 0.0919 e. The molecule has 0 aliphatic rings. The molecule has 0 radical (unpaired) electrons. The van der Waals surface area contributed by atoms with E-state index in [0.29, 0.717) is 0 Å². The number of unbranched alkanes of at least 4 members (excludes halogenated alkanes) is 3. The topological polar surface area (TPSA) is 29.4 Å². The van der Waals surface area contributed by atoms with Crippen LogP contribution in [0.1, 0.15) is 58.8 Å². The molecule has 0 saturated heterocycles. The summed E-state index contributed by atoms with van der Waals surface area (Å²) in [6, 6.07) is 0.0940. The van der Waals surface area contributed by atoms with Gasteiger partial charge < -0.3 is 0 Å². The first kappa shape index (κ1) is 11.6. The van der Waals surface area contributed by atoms with Gasteiger partial charge in [0, 0.05) is 0 Å². The van der Waals surface area contributed by atoms with Crippen molar-refractivity contribution in [3.63, 3.8) is 0 Å². The fourth-order valence-electron chi connectivity index (χ4n) is 1.32. The zero-order valence-corrected chi connectivity index (χ0v) is 8.38. The lowest BCUT2D eigenvalue weighted by Crippen LogP contribution is -2.02. The van der Waals surface area contributed by atoms with Crippen LogP contribution in [0.4, 0.5) is 0 Å². The largest absolute Gasteiger partial charge is 0.151 e. The summed E-state index contributed by atoms with van der Waals surface area (Å²) in [5, 5.41) is 3.15. The van der Waals surface area contributed by atoms with Gasteiger partial charge in [0.1, 0.15) is 0 Å². The Hall–Kier alpha value is -0.400. The van der Waals surface area contributed by atoms with E-state index in [0.717, 1.165) is 25.7 Å². The van der Waals surface area contributed by atoms with Gasteiger partial charge in [-0.3, -0.25) is 0 Å². The maximum absolute atomic E-state index is 10.4. The highest BCUT2D eigenvalue weighted by molar-refractivity contribution is 4.64. The van der Waals surface area contributed by atoms with Crippen LogP contribution in [0.3, 0.4) is 0 Å². The second-order valence-corrected chi connectivity index (χ2v) is 3.40. The van der Waals surface area contributed by atoms with E-state index in [1.54, 1.807) is 0 Å². The average molecular weight is 171 g/mol. The molecule has 0 heterocycles. The van der Waals surface area contributed by atoms with Crippen LogP contribution in [0.5, 0.6) is 0 Å². The quantitative estimate of drug-likeness (QED) is 0.402. The van der Waals surface area contributed by atoms with Crippen molar-refractivity contribution in [2.24, 2.45) is 5.18 Å². The van der Waals surface area contributed by atoms with Crippen molar-refractivity contribution < 1.29 is 0 Å². The molecule has 0 amide bonds. The van der Waals surface area contributed by atoms with Gasteiger partial charge in [0.25, 0.3) is 0 Å². The van der Waals surface area contributed by atoms with Gasteiger partial charge in [0.05, 0.1) is 6.04 Å². The molecule has 2 heteroatoms. The van der Waals surface area contributed by atoms with E-state index in [1.165, 1.54) is 19.3 Å². The van der Waals surface area contributed by atoms with Gasteiger partial charge >= 0.3 is 0 Å². The van der Waals surface area contributed by atoms with Crippen LogP contribution >= 0.6 is 0 Å². The molecule has 0 unspecified atom stereocenters. The second-order valence-electron chi connectivity index (χ2n) is 3.40. The normalized spacial score (nSPS) is 12.8. The molecule has 72 valence electrons. The van der Waals surface area contributed by atoms with Crippen molar-refractivity contribution in [3.05, 3.63) is 4.91 Å². The van der Waals surface area contributed by atoms with Gasteiger partial charge in [-0.1, -0.05) is 51.1 Å². The molecule has 2 nitrogen and oxygen atoms in total. The summed E-state index contributed by atoms with van der Waals surface area (Å²) in [5.41, 5.74) is 0. The van der Waals surface area contributed by atoms with Crippen LogP contribution < -0.4 is 0 Å². The first-order valence-corrected chi connectivity index (χ1v) is 5.17. The SMILES string of the molecule is CCCCC[C@H](CCCC)N=O. The predicted molar refractivity (Wildman–Crippen MR) is 53.3 cm³/mol. The maximum atomic E-state index is 10.4. The summed E-state index contributed by atoms with van der Waals surface area (Å²) < 4.78 is 0. The van der Waals surface area contributed by atoms with Gasteiger partial charge in [0.15, 0.2) is 0 Å². The molecule has 0 spiro atoms. The summed E-state index contributed by atoms with van der Waals surface area (Å²) >= 11 is 0. The first-order valence-electron chi connectivity index (χ1n) is 5.17. The Morgan fingerprint density at radius 3 is 2.08 bits per heavy atom. The molecule has 0 bridgehead atoms. The zero-order chi connectivity index (χ0) is 9.23. The van der Waals surface area contributed by atoms with Crippen molar-refractivity contribution in [3.8, 4) is 0 Å². The molecule has 0 aliphatic carbocycles. The Morgan fingerprint density at radius 1 is 1.00 bits per heavy atom. The van der Waals surface area contributed by atoms with Crippen molar-refractivity contribution in [1.82, 2.24) is 0 Å². The second kappa shape index (κ2) is 8.69. The van der Waals surface area contributed by atoms with Gasteiger partial charge in [-0.2, -0.15) is 4.91 Å². The summed E-state index contributed by atoms with van der Waals surface area (Å²) in [6.07, 6.45) is 7.91. The van der Waals surface area contributed by atoms with Crippen molar-refractivity contribution >= 4 is 0 Å². The predicted octanol–water partition coefficient (Wildman–Crippen LogP) is 3.89. The number of nitroso groups, excluding NO2 is 1. The van der Waals surface area contributed by atoms with E-state index in [-0.39, 0.29) is 6.04 Å². The van der Waals surface area contributed by atoms with Crippen molar-refractivity contribution in [2.75, 3.05) is 0 Å². The van der Waals surface area contributed by atoms with Crippen LogP contribution in [0, 0.1) is 4.91 Å². The van der Waals surface area contributed by atoms with Gasteiger partial charge in [-0.05, 0) is 12.8 Å². The summed E-state index contributed by atoms with van der Waals surface area (Å²) in [4.78, 5) is 10.4. The zero-order valence-electron chi connectivity index (χ0n) is 8.38. The van der Waals surface area contributed by atoms with E-state index in [2.05, 4.69) is 19.0 Å².